The molecule has 7 heteroatoms. The van der Waals surface area contributed by atoms with Crippen molar-refractivity contribution in [3.63, 3.8) is 0 Å². The Hall–Kier alpha value is -3.09. The molecular weight excluding hydrogens is 337 g/mol. The minimum atomic E-state index is -0.590. The number of rotatable bonds is 6. The fraction of sp³-hybridized carbons (Fsp3) is 0.263. The lowest BCUT2D eigenvalue weighted by Crippen LogP contribution is -2.46. The standard InChI is InChI=1S/C19H18FN3O3/c20-14-9-7-13(8-10-14)12-21-17(24)6-3-11-23-18(25)15-4-1-2-5-16(15)22-19(23)26/h1-2,4-5,7-10,15H,3,6,11-12H2,(H,21,24). The molecule has 1 aromatic carbocycles. The molecule has 3 rings (SSSR count). The van der Waals surface area contributed by atoms with Crippen LogP contribution in [0.15, 0.2) is 53.6 Å². The number of fused-ring (bicyclic) bond motifs is 1. The van der Waals surface area contributed by atoms with E-state index in [9.17, 15) is 18.8 Å². The summed E-state index contributed by atoms with van der Waals surface area (Å²) >= 11 is 0. The summed E-state index contributed by atoms with van der Waals surface area (Å²) in [5, 5.41) is 2.73. The first-order valence-electron chi connectivity index (χ1n) is 8.34. The number of benzene rings is 1. The van der Waals surface area contributed by atoms with Gasteiger partial charge < -0.3 is 5.32 Å². The van der Waals surface area contributed by atoms with Crippen molar-refractivity contribution in [3.8, 4) is 0 Å². The van der Waals surface area contributed by atoms with Crippen LogP contribution in [0.1, 0.15) is 18.4 Å². The number of imide groups is 1. The number of carbonyl (C=O) groups is 3. The average molecular weight is 355 g/mol. The van der Waals surface area contributed by atoms with E-state index >= 15 is 0 Å². The maximum atomic E-state index is 12.8. The molecule has 0 aromatic heterocycles. The summed E-state index contributed by atoms with van der Waals surface area (Å²) in [6.07, 6.45) is 7.37. The first-order chi connectivity index (χ1) is 12.5. The van der Waals surface area contributed by atoms with Crippen molar-refractivity contribution < 1.29 is 18.8 Å². The van der Waals surface area contributed by atoms with Gasteiger partial charge in [0.2, 0.25) is 11.8 Å². The van der Waals surface area contributed by atoms with E-state index in [4.69, 9.17) is 0 Å². The highest BCUT2D eigenvalue weighted by molar-refractivity contribution is 6.21. The second-order valence-corrected chi connectivity index (χ2v) is 6.04. The number of halogens is 1. The third-order valence-electron chi connectivity index (χ3n) is 4.18. The number of allylic oxidation sites excluding steroid dienone is 3. The fourth-order valence-electron chi connectivity index (χ4n) is 2.78. The van der Waals surface area contributed by atoms with E-state index in [0.29, 0.717) is 18.7 Å². The topological polar surface area (TPSA) is 78.8 Å². The molecule has 0 spiro atoms. The summed E-state index contributed by atoms with van der Waals surface area (Å²) in [6, 6.07) is 5.27. The summed E-state index contributed by atoms with van der Waals surface area (Å²) < 4.78 is 12.8. The monoisotopic (exact) mass is 355 g/mol. The molecule has 1 aliphatic carbocycles. The van der Waals surface area contributed by atoms with Crippen LogP contribution in [-0.2, 0) is 16.1 Å². The van der Waals surface area contributed by atoms with Crippen LogP contribution in [0.4, 0.5) is 9.18 Å². The average Bonchev–Trinajstić information content (AvgIpc) is 2.64. The van der Waals surface area contributed by atoms with Crippen molar-refractivity contribution in [2.24, 2.45) is 10.9 Å². The number of urea groups is 1. The number of hydrogen-bond acceptors (Lipinski definition) is 3. The lowest BCUT2D eigenvalue weighted by Gasteiger charge is -2.28. The number of aliphatic imine (C=N–C) groups is 1. The number of carbonyl (C=O) groups excluding carboxylic acids is 3. The normalized spacial score (nSPS) is 18.6. The molecule has 4 amide bonds. The molecule has 0 fully saturated rings. The van der Waals surface area contributed by atoms with Crippen molar-refractivity contribution in [3.05, 3.63) is 60.0 Å². The lowest BCUT2D eigenvalue weighted by molar-refractivity contribution is -0.130. The Morgan fingerprint density at radius 1 is 1.19 bits per heavy atom. The van der Waals surface area contributed by atoms with Gasteiger partial charge in [0, 0.05) is 19.5 Å². The third kappa shape index (κ3) is 4.11. The molecule has 1 aliphatic heterocycles. The molecule has 1 atom stereocenters. The Labute approximate surface area is 150 Å². The summed E-state index contributed by atoms with van der Waals surface area (Å²) in [5.74, 6) is -1.36. The molecule has 1 N–H and O–H groups in total. The smallest absolute Gasteiger partial charge is 0.350 e. The molecule has 2 aliphatic rings. The SMILES string of the molecule is O=C(CCCN1C(=O)N=C2C=CC=CC2C1=O)NCc1ccc(F)cc1. The maximum Gasteiger partial charge on any atom is 0.350 e. The molecule has 1 heterocycles. The highest BCUT2D eigenvalue weighted by Gasteiger charge is 2.35. The zero-order chi connectivity index (χ0) is 18.5. The van der Waals surface area contributed by atoms with E-state index < -0.39 is 11.9 Å². The van der Waals surface area contributed by atoms with E-state index in [1.807, 2.05) is 0 Å². The molecule has 0 bridgehead atoms. The number of nitrogens with zero attached hydrogens (tertiary/aromatic N) is 2. The van der Waals surface area contributed by atoms with Crippen molar-refractivity contribution in [2.75, 3.05) is 6.54 Å². The van der Waals surface area contributed by atoms with Gasteiger partial charge in [-0.2, -0.15) is 4.99 Å². The number of hydrogen-bond donors (Lipinski definition) is 1. The van der Waals surface area contributed by atoms with Crippen LogP contribution < -0.4 is 5.32 Å². The quantitative estimate of drug-likeness (QED) is 0.851. The predicted octanol–water partition coefficient (Wildman–Crippen LogP) is 2.37. The van der Waals surface area contributed by atoms with Crippen LogP contribution in [0.25, 0.3) is 0 Å². The van der Waals surface area contributed by atoms with Gasteiger partial charge in [-0.05, 0) is 30.2 Å². The van der Waals surface area contributed by atoms with Gasteiger partial charge in [0.05, 0.1) is 11.6 Å². The molecule has 0 saturated heterocycles. The van der Waals surface area contributed by atoms with Gasteiger partial charge in [-0.3, -0.25) is 14.5 Å². The maximum absolute atomic E-state index is 12.8. The number of amides is 4. The Kier molecular flexibility index (Phi) is 5.36. The molecule has 0 saturated carbocycles. The van der Waals surface area contributed by atoms with Crippen LogP contribution in [0.5, 0.6) is 0 Å². The van der Waals surface area contributed by atoms with Crippen LogP contribution in [-0.4, -0.2) is 35.0 Å². The summed E-state index contributed by atoms with van der Waals surface area (Å²) in [6.45, 7) is 0.444. The lowest BCUT2D eigenvalue weighted by atomic mass is 9.95. The third-order valence-corrected chi connectivity index (χ3v) is 4.18. The van der Waals surface area contributed by atoms with E-state index in [2.05, 4.69) is 10.3 Å². The highest BCUT2D eigenvalue weighted by Crippen LogP contribution is 2.19. The second-order valence-electron chi connectivity index (χ2n) is 6.04. The van der Waals surface area contributed by atoms with Crippen molar-refractivity contribution in [1.29, 1.82) is 0 Å². The summed E-state index contributed by atoms with van der Waals surface area (Å²) in [7, 11) is 0. The Morgan fingerprint density at radius 3 is 2.73 bits per heavy atom. The predicted molar refractivity (Wildman–Crippen MR) is 93.8 cm³/mol. The molecule has 1 aromatic rings. The van der Waals surface area contributed by atoms with Gasteiger partial charge in [0.1, 0.15) is 5.82 Å². The fourth-order valence-corrected chi connectivity index (χ4v) is 2.78. The van der Waals surface area contributed by atoms with Crippen molar-refractivity contribution in [2.45, 2.75) is 19.4 Å². The van der Waals surface area contributed by atoms with Crippen LogP contribution in [0.3, 0.4) is 0 Å². The Morgan fingerprint density at radius 2 is 1.96 bits per heavy atom. The second kappa shape index (κ2) is 7.86. The minimum absolute atomic E-state index is 0.145. The van der Waals surface area contributed by atoms with Gasteiger partial charge in [0.15, 0.2) is 0 Å². The van der Waals surface area contributed by atoms with Gasteiger partial charge in [-0.15, -0.1) is 0 Å². The zero-order valence-electron chi connectivity index (χ0n) is 14.0. The van der Waals surface area contributed by atoms with E-state index in [-0.39, 0.29) is 30.6 Å². The van der Waals surface area contributed by atoms with Crippen molar-refractivity contribution >= 4 is 23.6 Å². The molecule has 1 unspecified atom stereocenters. The van der Waals surface area contributed by atoms with Gasteiger partial charge in [-0.25, -0.2) is 9.18 Å². The number of nitrogens with one attached hydrogen (secondary N) is 1. The molecule has 0 radical (unpaired) electrons. The van der Waals surface area contributed by atoms with Crippen LogP contribution in [0, 0.1) is 11.7 Å². The Balaban J connectivity index is 1.46. The molecular formula is C19H18FN3O3. The largest absolute Gasteiger partial charge is 0.352 e. The van der Waals surface area contributed by atoms with Crippen LogP contribution in [0.2, 0.25) is 0 Å². The minimum Gasteiger partial charge on any atom is -0.352 e. The highest BCUT2D eigenvalue weighted by atomic mass is 19.1. The van der Waals surface area contributed by atoms with Gasteiger partial charge >= 0.3 is 6.03 Å². The van der Waals surface area contributed by atoms with E-state index in [0.717, 1.165) is 10.5 Å². The summed E-state index contributed by atoms with van der Waals surface area (Å²) in [4.78, 5) is 41.3. The first-order valence-corrected chi connectivity index (χ1v) is 8.34. The van der Waals surface area contributed by atoms with Crippen molar-refractivity contribution in [1.82, 2.24) is 10.2 Å². The van der Waals surface area contributed by atoms with E-state index in [1.54, 1.807) is 36.4 Å². The van der Waals surface area contributed by atoms with Gasteiger partial charge in [-0.1, -0.05) is 30.4 Å². The first kappa shape index (κ1) is 17.7. The van der Waals surface area contributed by atoms with Gasteiger partial charge in [0.25, 0.3) is 0 Å². The van der Waals surface area contributed by atoms with E-state index in [1.165, 1.54) is 12.1 Å². The molecule has 134 valence electrons. The summed E-state index contributed by atoms with van der Waals surface area (Å²) in [5.41, 5.74) is 1.25. The van der Waals surface area contributed by atoms with Crippen LogP contribution >= 0.6 is 0 Å². The Bertz CT molecular complexity index is 812. The zero-order valence-corrected chi connectivity index (χ0v) is 14.0. The molecule has 6 nitrogen and oxygen atoms in total. The molecule has 26 heavy (non-hydrogen) atoms.